The van der Waals surface area contributed by atoms with Crippen molar-refractivity contribution >= 4 is 13.8 Å². The zero-order chi connectivity index (χ0) is 15.3. The van der Waals surface area contributed by atoms with Crippen molar-refractivity contribution in [3.8, 4) is 0 Å². The fraction of sp³-hybridized carbons (Fsp3) is 0.308. The average Bonchev–Trinajstić information content (AvgIpc) is 2.35. The van der Waals surface area contributed by atoms with E-state index in [-0.39, 0.29) is 5.57 Å². The Bertz CT molecular complexity index is 521. The van der Waals surface area contributed by atoms with Crippen LogP contribution in [0.1, 0.15) is 25.5 Å². The van der Waals surface area contributed by atoms with E-state index in [9.17, 15) is 9.36 Å². The minimum absolute atomic E-state index is 0.194. The highest BCUT2D eigenvalue weighted by atomic mass is 31.2. The molecule has 0 aliphatic heterocycles. The summed E-state index contributed by atoms with van der Waals surface area (Å²) in [5.41, 5.74) is 0.692. The summed E-state index contributed by atoms with van der Waals surface area (Å²) >= 11 is 0. The first-order chi connectivity index (χ1) is 9.20. The summed E-state index contributed by atoms with van der Waals surface area (Å²) in [5.74, 6) is -0.646. The van der Waals surface area contributed by atoms with Gasteiger partial charge in [0.15, 0.2) is 0 Å². The van der Waals surface area contributed by atoms with Gasteiger partial charge in [-0.2, -0.15) is 0 Å². The van der Waals surface area contributed by atoms with Gasteiger partial charge in [-0.15, -0.1) is 0 Å². The van der Waals surface area contributed by atoms with Crippen LogP contribution in [0.2, 0.25) is 0 Å². The summed E-state index contributed by atoms with van der Waals surface area (Å²) in [6, 6.07) is 8.40. The normalized spacial score (nSPS) is 14.4. The van der Waals surface area contributed by atoms with E-state index < -0.39 is 26.0 Å². The van der Waals surface area contributed by atoms with E-state index in [4.69, 9.17) is 19.0 Å². The molecule has 0 saturated carbocycles. The van der Waals surface area contributed by atoms with Gasteiger partial charge in [-0.1, -0.05) is 36.9 Å². The molecular formula is C13H17O6P. The molecule has 0 aliphatic carbocycles. The molecule has 0 radical (unpaired) electrons. The average molecular weight is 300 g/mol. The number of phosphoric acid groups is 1. The largest absolute Gasteiger partial charge is 0.470 e. The lowest BCUT2D eigenvalue weighted by molar-refractivity contribution is -0.148. The standard InChI is InChI=1S/C13H17O6P/c1-9(2)13(14)18-10(3)12(19-20(15,16)17)11-7-5-4-6-8-11/h4-8,10,12H,1H2,2-3H3,(H2,15,16,17). The van der Waals surface area contributed by atoms with E-state index in [0.29, 0.717) is 5.56 Å². The van der Waals surface area contributed by atoms with Gasteiger partial charge in [-0.3, -0.25) is 4.52 Å². The molecule has 0 spiro atoms. The number of rotatable bonds is 6. The first-order valence-electron chi connectivity index (χ1n) is 5.86. The second-order valence-corrected chi connectivity index (χ2v) is 5.51. The molecule has 0 heterocycles. The van der Waals surface area contributed by atoms with Crippen molar-refractivity contribution in [2.45, 2.75) is 26.1 Å². The van der Waals surface area contributed by atoms with Crippen LogP contribution in [-0.4, -0.2) is 21.9 Å². The van der Waals surface area contributed by atoms with E-state index in [1.165, 1.54) is 13.8 Å². The van der Waals surface area contributed by atoms with E-state index in [0.717, 1.165) is 0 Å². The number of phosphoric ester groups is 1. The van der Waals surface area contributed by atoms with Crippen LogP contribution in [0.3, 0.4) is 0 Å². The molecule has 20 heavy (non-hydrogen) atoms. The van der Waals surface area contributed by atoms with Gasteiger partial charge in [0.25, 0.3) is 0 Å². The van der Waals surface area contributed by atoms with Gasteiger partial charge in [0.1, 0.15) is 12.2 Å². The molecular weight excluding hydrogens is 283 g/mol. The van der Waals surface area contributed by atoms with Crippen LogP contribution in [0, 0.1) is 0 Å². The molecule has 1 rings (SSSR count). The Hall–Kier alpha value is -1.46. The number of hydrogen-bond acceptors (Lipinski definition) is 4. The first kappa shape index (κ1) is 16.6. The van der Waals surface area contributed by atoms with Crippen molar-refractivity contribution in [2.24, 2.45) is 0 Å². The molecule has 2 N–H and O–H groups in total. The van der Waals surface area contributed by atoms with Crippen LogP contribution in [0.5, 0.6) is 0 Å². The molecule has 1 aromatic rings. The highest BCUT2D eigenvalue weighted by Gasteiger charge is 2.30. The number of carbonyl (C=O) groups is 1. The van der Waals surface area contributed by atoms with Crippen molar-refractivity contribution in [3.63, 3.8) is 0 Å². The molecule has 2 unspecified atom stereocenters. The monoisotopic (exact) mass is 300 g/mol. The Balaban J connectivity index is 2.96. The number of ether oxygens (including phenoxy) is 1. The molecule has 6 nitrogen and oxygen atoms in total. The minimum Gasteiger partial charge on any atom is -0.456 e. The van der Waals surface area contributed by atoms with E-state index in [1.54, 1.807) is 30.3 Å². The molecule has 1 aromatic carbocycles. The third-order valence-corrected chi connectivity index (χ3v) is 2.95. The summed E-state index contributed by atoms with van der Waals surface area (Å²) in [6.07, 6.45) is -1.95. The van der Waals surface area contributed by atoms with Gasteiger partial charge in [0.05, 0.1) is 0 Å². The Morgan fingerprint density at radius 3 is 2.30 bits per heavy atom. The Labute approximate surface area is 117 Å². The number of benzene rings is 1. The third-order valence-electron chi connectivity index (χ3n) is 2.45. The first-order valence-corrected chi connectivity index (χ1v) is 7.39. The molecule has 0 aliphatic rings. The van der Waals surface area contributed by atoms with Crippen molar-refractivity contribution < 1.29 is 28.4 Å². The highest BCUT2D eigenvalue weighted by Crippen LogP contribution is 2.44. The topological polar surface area (TPSA) is 93.1 Å². The number of hydrogen-bond donors (Lipinski definition) is 2. The lowest BCUT2D eigenvalue weighted by Gasteiger charge is -2.24. The number of esters is 1. The second-order valence-electron chi connectivity index (χ2n) is 4.32. The fourth-order valence-corrected chi connectivity index (χ4v) is 2.13. The highest BCUT2D eigenvalue weighted by molar-refractivity contribution is 7.46. The van der Waals surface area contributed by atoms with Gasteiger partial charge >= 0.3 is 13.8 Å². The van der Waals surface area contributed by atoms with Gasteiger partial charge in [0.2, 0.25) is 0 Å². The second kappa shape index (κ2) is 6.81. The van der Waals surface area contributed by atoms with E-state index in [2.05, 4.69) is 6.58 Å². The molecule has 0 amide bonds. The minimum atomic E-state index is -4.72. The predicted octanol–water partition coefficient (Wildman–Crippen LogP) is 2.34. The lowest BCUT2D eigenvalue weighted by atomic mass is 10.1. The lowest BCUT2D eigenvalue weighted by Crippen LogP contribution is -2.24. The summed E-state index contributed by atoms with van der Waals surface area (Å²) in [6.45, 7) is 6.42. The summed E-state index contributed by atoms with van der Waals surface area (Å²) in [5, 5.41) is 0. The van der Waals surface area contributed by atoms with Crippen LogP contribution in [0.25, 0.3) is 0 Å². The van der Waals surface area contributed by atoms with Crippen molar-refractivity contribution in [2.75, 3.05) is 0 Å². The van der Waals surface area contributed by atoms with Crippen LogP contribution in [-0.2, 0) is 18.6 Å². The van der Waals surface area contributed by atoms with Crippen molar-refractivity contribution in [1.82, 2.24) is 0 Å². The van der Waals surface area contributed by atoms with Crippen LogP contribution >= 0.6 is 7.82 Å². The van der Waals surface area contributed by atoms with Crippen LogP contribution in [0.15, 0.2) is 42.5 Å². The summed E-state index contributed by atoms with van der Waals surface area (Å²) in [7, 11) is -4.72. The Kier molecular flexibility index (Phi) is 5.65. The zero-order valence-electron chi connectivity index (χ0n) is 11.2. The maximum Gasteiger partial charge on any atom is 0.470 e. The fourth-order valence-electron chi connectivity index (χ4n) is 1.54. The van der Waals surface area contributed by atoms with Crippen molar-refractivity contribution in [3.05, 3.63) is 48.0 Å². The van der Waals surface area contributed by atoms with Gasteiger partial charge in [0, 0.05) is 5.57 Å². The molecule has 0 saturated heterocycles. The van der Waals surface area contributed by atoms with E-state index >= 15 is 0 Å². The smallest absolute Gasteiger partial charge is 0.456 e. The SMILES string of the molecule is C=C(C)C(=O)OC(C)C(OP(=O)(O)O)c1ccccc1. The molecule has 2 atom stereocenters. The molecule has 110 valence electrons. The maximum atomic E-state index is 11.5. The number of carbonyl (C=O) groups excluding carboxylic acids is 1. The molecule has 0 fully saturated rings. The van der Waals surface area contributed by atoms with Gasteiger partial charge < -0.3 is 14.5 Å². The predicted molar refractivity (Wildman–Crippen MR) is 72.7 cm³/mol. The van der Waals surface area contributed by atoms with Gasteiger partial charge in [-0.05, 0) is 19.4 Å². The Morgan fingerprint density at radius 2 is 1.85 bits per heavy atom. The molecule has 0 bridgehead atoms. The maximum absolute atomic E-state index is 11.5. The molecule has 7 heteroatoms. The zero-order valence-corrected chi connectivity index (χ0v) is 12.1. The van der Waals surface area contributed by atoms with E-state index in [1.807, 2.05) is 0 Å². The Morgan fingerprint density at radius 1 is 1.30 bits per heavy atom. The third kappa shape index (κ3) is 5.27. The van der Waals surface area contributed by atoms with Crippen LogP contribution in [0.4, 0.5) is 0 Å². The summed E-state index contributed by atoms with van der Waals surface area (Å²) < 4.78 is 20.8. The van der Waals surface area contributed by atoms with Gasteiger partial charge in [-0.25, -0.2) is 9.36 Å². The quantitative estimate of drug-likeness (QED) is 0.476. The van der Waals surface area contributed by atoms with Crippen molar-refractivity contribution in [1.29, 1.82) is 0 Å². The summed E-state index contributed by atoms with van der Waals surface area (Å²) in [4.78, 5) is 29.4. The molecule has 0 aromatic heterocycles. The van der Waals surface area contributed by atoms with Crippen LogP contribution < -0.4 is 0 Å².